The summed E-state index contributed by atoms with van der Waals surface area (Å²) in [6, 6.07) is 2.16. The molecule has 3 aromatic rings. The molecule has 0 bridgehead atoms. The van der Waals surface area contributed by atoms with Crippen LogP contribution in [0.4, 0.5) is 5.13 Å². The zero-order chi connectivity index (χ0) is 31.4. The third kappa shape index (κ3) is 7.35. The fraction of sp³-hybridized carbons (Fsp3) is 0.391. The van der Waals surface area contributed by atoms with Crippen molar-refractivity contribution >= 4 is 44.4 Å². The molecule has 0 spiro atoms. The molecule has 0 aromatic carbocycles. The van der Waals surface area contributed by atoms with Gasteiger partial charge in [0.2, 0.25) is 5.62 Å². The SMILES string of the molecule is CC1(C)[C@H](NC(=O)/C(=N\OCCOc2ccc(-n3ccn(CCCN)c3=N)nc2)c2csc(N)n2)C(=O)N1OS(=O)(=O)O. The van der Waals surface area contributed by atoms with Crippen LogP contribution in [0.5, 0.6) is 5.75 Å². The molecule has 232 valence electrons. The number of amides is 2. The zero-order valence-electron chi connectivity index (χ0n) is 23.0. The van der Waals surface area contributed by atoms with Crippen LogP contribution >= 0.6 is 11.3 Å². The highest BCUT2D eigenvalue weighted by molar-refractivity contribution is 7.80. The Kier molecular flexibility index (Phi) is 9.45. The predicted molar refractivity (Wildman–Crippen MR) is 151 cm³/mol. The van der Waals surface area contributed by atoms with Gasteiger partial charge in [-0.3, -0.25) is 24.1 Å². The number of nitrogens with two attached hydrogens (primary N) is 2. The summed E-state index contributed by atoms with van der Waals surface area (Å²) in [5.41, 5.74) is 9.96. The van der Waals surface area contributed by atoms with Crippen LogP contribution in [0.25, 0.3) is 5.82 Å². The number of nitrogen functional groups attached to an aromatic ring is 1. The summed E-state index contributed by atoms with van der Waals surface area (Å²) in [6.45, 7) is 3.94. The van der Waals surface area contributed by atoms with E-state index in [2.05, 4.69) is 24.7 Å². The molecule has 3 aromatic heterocycles. The first kappa shape index (κ1) is 31.6. The number of carbonyl (C=O) groups is 2. The fourth-order valence-electron chi connectivity index (χ4n) is 3.98. The number of hydrogen-bond acceptors (Lipinski definition) is 14. The van der Waals surface area contributed by atoms with E-state index in [9.17, 15) is 18.0 Å². The summed E-state index contributed by atoms with van der Waals surface area (Å²) in [7, 11) is -4.96. The van der Waals surface area contributed by atoms with Crippen molar-refractivity contribution < 1.29 is 36.4 Å². The largest absolute Gasteiger partial charge is 0.488 e. The van der Waals surface area contributed by atoms with Crippen LogP contribution in [0.3, 0.4) is 0 Å². The van der Waals surface area contributed by atoms with Crippen molar-refractivity contribution in [3.63, 3.8) is 0 Å². The van der Waals surface area contributed by atoms with Crippen LogP contribution < -0.4 is 27.1 Å². The lowest BCUT2D eigenvalue weighted by Crippen LogP contribution is -2.76. The van der Waals surface area contributed by atoms with Gasteiger partial charge in [-0.15, -0.1) is 15.6 Å². The van der Waals surface area contributed by atoms with E-state index in [0.29, 0.717) is 29.7 Å². The van der Waals surface area contributed by atoms with Crippen molar-refractivity contribution in [2.24, 2.45) is 10.9 Å². The number of hydrogen-bond donors (Lipinski definition) is 5. The van der Waals surface area contributed by atoms with Crippen LogP contribution in [-0.4, -0.2) is 86.0 Å². The van der Waals surface area contributed by atoms with Gasteiger partial charge in [0.1, 0.15) is 29.9 Å². The monoisotopic (exact) mass is 638 g/mol. The second-order valence-electron chi connectivity index (χ2n) is 9.57. The van der Waals surface area contributed by atoms with Crippen molar-refractivity contribution in [2.75, 3.05) is 25.5 Å². The van der Waals surface area contributed by atoms with E-state index in [1.54, 1.807) is 33.7 Å². The first-order valence-corrected chi connectivity index (χ1v) is 14.9. The van der Waals surface area contributed by atoms with E-state index in [1.165, 1.54) is 25.4 Å². The van der Waals surface area contributed by atoms with Crippen LogP contribution in [0.15, 0.2) is 41.3 Å². The number of hydroxylamine groups is 2. The molecule has 20 heteroatoms. The lowest BCUT2D eigenvalue weighted by Gasteiger charge is -2.50. The Labute approximate surface area is 249 Å². The van der Waals surface area contributed by atoms with Gasteiger partial charge in [-0.2, -0.15) is 13.5 Å². The van der Waals surface area contributed by atoms with E-state index < -0.39 is 33.8 Å². The third-order valence-corrected chi connectivity index (χ3v) is 7.18. The highest BCUT2D eigenvalue weighted by Crippen LogP contribution is 2.33. The van der Waals surface area contributed by atoms with Gasteiger partial charge in [-0.25, -0.2) is 9.97 Å². The molecule has 2 amide bonds. The Hall–Kier alpha value is -4.37. The summed E-state index contributed by atoms with van der Waals surface area (Å²) in [6.07, 6.45) is 5.77. The van der Waals surface area contributed by atoms with E-state index in [4.69, 9.17) is 31.0 Å². The lowest BCUT2D eigenvalue weighted by atomic mass is 9.84. The van der Waals surface area contributed by atoms with Gasteiger partial charge >= 0.3 is 10.4 Å². The summed E-state index contributed by atoms with van der Waals surface area (Å²) in [5, 5.41) is 16.7. The highest BCUT2D eigenvalue weighted by atomic mass is 32.3. The number of imidazole rings is 1. The molecule has 1 aliphatic heterocycles. The maximum Gasteiger partial charge on any atom is 0.418 e. The molecular formula is C23H30N10O8S2. The number of rotatable bonds is 14. The van der Waals surface area contributed by atoms with Gasteiger partial charge in [0, 0.05) is 24.3 Å². The topological polar surface area (TPSA) is 255 Å². The lowest BCUT2D eigenvalue weighted by molar-refractivity contribution is -0.218. The quantitative estimate of drug-likeness (QED) is 0.0477. The second-order valence-corrected chi connectivity index (χ2v) is 11.5. The van der Waals surface area contributed by atoms with Crippen molar-refractivity contribution in [2.45, 2.75) is 38.4 Å². The first-order valence-electron chi connectivity index (χ1n) is 12.7. The number of pyridine rings is 1. The molecule has 1 saturated heterocycles. The third-order valence-electron chi connectivity index (χ3n) is 6.17. The Morgan fingerprint density at radius 1 is 1.30 bits per heavy atom. The molecule has 1 atom stereocenters. The maximum atomic E-state index is 13.1. The summed E-state index contributed by atoms with van der Waals surface area (Å²) in [4.78, 5) is 39.1. The highest BCUT2D eigenvalue weighted by Gasteiger charge is 2.58. The number of nitrogens with one attached hydrogen (secondary N) is 2. The maximum absolute atomic E-state index is 13.1. The van der Waals surface area contributed by atoms with Gasteiger partial charge in [-0.05, 0) is 38.9 Å². The number of anilines is 1. The molecular weight excluding hydrogens is 608 g/mol. The Bertz CT molecular complexity index is 1660. The molecule has 1 fully saturated rings. The Morgan fingerprint density at radius 2 is 2.07 bits per heavy atom. The molecule has 0 saturated carbocycles. The molecule has 18 nitrogen and oxygen atoms in total. The molecule has 1 aliphatic rings. The molecule has 0 unspecified atom stereocenters. The smallest absolute Gasteiger partial charge is 0.418 e. The van der Waals surface area contributed by atoms with Crippen molar-refractivity contribution in [1.29, 1.82) is 5.41 Å². The summed E-state index contributed by atoms with van der Waals surface area (Å²) in [5.74, 6) is -0.807. The van der Waals surface area contributed by atoms with Crippen molar-refractivity contribution in [3.8, 4) is 11.6 Å². The fourth-order valence-corrected chi connectivity index (χ4v) is 4.98. The number of thiazole rings is 1. The average molecular weight is 639 g/mol. The van der Waals surface area contributed by atoms with Gasteiger partial charge in [0.05, 0.1) is 11.7 Å². The average Bonchev–Trinajstić information content (AvgIpc) is 3.55. The van der Waals surface area contributed by atoms with Gasteiger partial charge in [-0.1, -0.05) is 5.16 Å². The van der Waals surface area contributed by atoms with E-state index in [-0.39, 0.29) is 35.4 Å². The molecule has 7 N–H and O–H groups in total. The van der Waals surface area contributed by atoms with Gasteiger partial charge in [0.25, 0.3) is 11.8 Å². The predicted octanol–water partition coefficient (Wildman–Crippen LogP) is -0.820. The minimum absolute atomic E-state index is 0.0288. The number of aryl methyl sites for hydroxylation is 1. The standard InChI is InChI=1S/C23H30N10O8S2/c1-23(2)18(20(35)33(23)41-43(36,37)38)29-19(34)17(15-13-42-21(25)28-15)30-40-11-10-39-14-4-5-16(27-12-14)32-9-8-31(22(32)26)7-3-6-24/h4-5,8-9,12-13,18,26H,3,6-7,10-11,24H2,1-2H3,(H2,25,28)(H,29,34)(H,36,37,38)/b26-22?,30-17-/t18-/m1/s1. The summed E-state index contributed by atoms with van der Waals surface area (Å²) < 4.78 is 44.3. The van der Waals surface area contributed by atoms with Crippen molar-refractivity contribution in [3.05, 3.63) is 47.4 Å². The number of oxime groups is 1. The number of carbonyl (C=O) groups excluding carboxylic acids is 2. The zero-order valence-corrected chi connectivity index (χ0v) is 24.7. The number of β-lactam (4-membered cyclic amide) rings is 1. The van der Waals surface area contributed by atoms with Crippen LogP contribution in [0.2, 0.25) is 0 Å². The molecule has 0 radical (unpaired) electrons. The van der Waals surface area contributed by atoms with Crippen LogP contribution in [0.1, 0.15) is 26.0 Å². The number of nitrogens with zero attached hydrogens (tertiary/aromatic N) is 6. The minimum Gasteiger partial charge on any atom is -0.488 e. The van der Waals surface area contributed by atoms with Gasteiger partial charge in [0.15, 0.2) is 17.5 Å². The number of ether oxygens (including phenoxy) is 1. The molecule has 4 heterocycles. The van der Waals surface area contributed by atoms with E-state index >= 15 is 0 Å². The molecule has 43 heavy (non-hydrogen) atoms. The normalized spacial score (nSPS) is 16.6. The van der Waals surface area contributed by atoms with Crippen molar-refractivity contribution in [1.82, 2.24) is 29.5 Å². The molecule has 0 aliphatic carbocycles. The minimum atomic E-state index is -4.96. The second kappa shape index (κ2) is 12.9. The Balaban J connectivity index is 1.35. The summed E-state index contributed by atoms with van der Waals surface area (Å²) >= 11 is 1.05. The van der Waals surface area contributed by atoms with E-state index in [1.807, 2.05) is 0 Å². The Morgan fingerprint density at radius 3 is 2.67 bits per heavy atom. The number of aromatic nitrogens is 4. The van der Waals surface area contributed by atoms with Gasteiger partial charge < -0.3 is 30.9 Å². The first-order chi connectivity index (χ1) is 20.3. The van der Waals surface area contributed by atoms with Crippen LogP contribution in [0, 0.1) is 5.41 Å². The van der Waals surface area contributed by atoms with Crippen LogP contribution in [-0.2, 0) is 35.7 Å². The van der Waals surface area contributed by atoms with E-state index in [0.717, 1.165) is 17.8 Å². The molecule has 4 rings (SSSR count).